The van der Waals surface area contributed by atoms with E-state index in [-0.39, 0.29) is 0 Å². The highest BCUT2D eigenvalue weighted by Crippen LogP contribution is 2.29. The molecule has 0 spiro atoms. The van der Waals surface area contributed by atoms with Crippen LogP contribution in [0.1, 0.15) is 26.1 Å². The predicted octanol–water partition coefficient (Wildman–Crippen LogP) is 3.24. The number of anilines is 1. The Balaban J connectivity index is 1.86. The Bertz CT molecular complexity index is 838. The van der Waals surface area contributed by atoms with Crippen LogP contribution in [0.15, 0.2) is 18.2 Å². The number of carbonyl (C=O) groups excluding carboxylic acids is 1. The summed E-state index contributed by atoms with van der Waals surface area (Å²) in [7, 11) is 0. The van der Waals surface area contributed by atoms with Crippen molar-refractivity contribution in [2.75, 3.05) is 37.6 Å². The van der Waals surface area contributed by atoms with Crippen LogP contribution >= 0.6 is 0 Å². The third-order valence-corrected chi connectivity index (χ3v) is 5.01. The van der Waals surface area contributed by atoms with Gasteiger partial charge in [-0.25, -0.2) is 14.3 Å². The maximum atomic E-state index is 12.6. The number of fused-ring (bicyclic) bond motifs is 1. The zero-order valence-corrected chi connectivity index (χ0v) is 16.2. The van der Waals surface area contributed by atoms with Gasteiger partial charge in [0.15, 0.2) is 0 Å². The van der Waals surface area contributed by atoms with Crippen LogP contribution in [-0.2, 0) is 6.42 Å². The van der Waals surface area contributed by atoms with Gasteiger partial charge in [0.05, 0.1) is 17.7 Å². The van der Waals surface area contributed by atoms with Crippen molar-refractivity contribution in [3.05, 3.63) is 24.0 Å². The van der Waals surface area contributed by atoms with Gasteiger partial charge in [0.25, 0.3) is 0 Å². The fourth-order valence-electron chi connectivity index (χ4n) is 3.62. The number of imidazole rings is 1. The van der Waals surface area contributed by atoms with Crippen molar-refractivity contribution in [1.29, 1.82) is 0 Å². The SMILES string of the molecule is CC(C)CCc1nc2c(N3CCN(CC(F)(F)F)CC3)cccc2n1C(N)=O. The smallest absolute Gasteiger partial charge is 0.367 e. The third-order valence-electron chi connectivity index (χ3n) is 5.01. The number of hydrogen-bond acceptors (Lipinski definition) is 4. The zero-order chi connectivity index (χ0) is 20.5. The molecule has 1 aliphatic heterocycles. The molecule has 0 atom stereocenters. The minimum absolute atomic E-state index is 0.326. The molecule has 28 heavy (non-hydrogen) atoms. The van der Waals surface area contributed by atoms with Gasteiger partial charge in [-0.1, -0.05) is 19.9 Å². The van der Waals surface area contributed by atoms with Gasteiger partial charge < -0.3 is 10.6 Å². The Morgan fingerprint density at radius 1 is 1.21 bits per heavy atom. The molecular formula is C19H26F3N5O. The van der Waals surface area contributed by atoms with E-state index < -0.39 is 18.8 Å². The lowest BCUT2D eigenvalue weighted by atomic mass is 10.1. The van der Waals surface area contributed by atoms with Gasteiger partial charge in [0, 0.05) is 32.6 Å². The van der Waals surface area contributed by atoms with E-state index in [2.05, 4.69) is 18.8 Å². The first-order valence-electron chi connectivity index (χ1n) is 9.50. The van der Waals surface area contributed by atoms with Gasteiger partial charge in [0.2, 0.25) is 0 Å². The van der Waals surface area contributed by atoms with E-state index in [4.69, 9.17) is 5.73 Å². The maximum absolute atomic E-state index is 12.6. The number of rotatable bonds is 5. The van der Waals surface area contributed by atoms with E-state index in [0.29, 0.717) is 55.4 Å². The van der Waals surface area contributed by atoms with Gasteiger partial charge >= 0.3 is 12.2 Å². The number of aromatic nitrogens is 2. The molecule has 1 aromatic carbocycles. The van der Waals surface area contributed by atoms with Crippen molar-refractivity contribution in [3.8, 4) is 0 Å². The molecule has 1 aromatic heterocycles. The van der Waals surface area contributed by atoms with Crippen molar-refractivity contribution in [2.24, 2.45) is 11.7 Å². The molecule has 2 heterocycles. The zero-order valence-electron chi connectivity index (χ0n) is 16.2. The largest absolute Gasteiger partial charge is 0.401 e. The van der Waals surface area contributed by atoms with Crippen LogP contribution in [-0.4, -0.2) is 59.4 Å². The number of nitrogens with two attached hydrogens (primary N) is 1. The van der Waals surface area contributed by atoms with Gasteiger partial charge in [-0.2, -0.15) is 13.2 Å². The van der Waals surface area contributed by atoms with E-state index in [9.17, 15) is 18.0 Å². The first-order valence-corrected chi connectivity index (χ1v) is 9.50. The van der Waals surface area contributed by atoms with Crippen LogP contribution in [0.5, 0.6) is 0 Å². The van der Waals surface area contributed by atoms with Crippen molar-refractivity contribution in [1.82, 2.24) is 14.5 Å². The summed E-state index contributed by atoms with van der Waals surface area (Å²) in [4.78, 5) is 20.1. The fourth-order valence-corrected chi connectivity index (χ4v) is 3.62. The molecule has 2 aromatic rings. The number of alkyl halides is 3. The molecule has 0 radical (unpaired) electrons. The number of para-hydroxylation sites is 1. The Morgan fingerprint density at radius 2 is 1.89 bits per heavy atom. The summed E-state index contributed by atoms with van der Waals surface area (Å²) in [6, 6.07) is 4.95. The van der Waals surface area contributed by atoms with Crippen LogP contribution in [0.3, 0.4) is 0 Å². The average Bonchev–Trinajstić information content (AvgIpc) is 2.98. The Hall–Kier alpha value is -2.29. The highest BCUT2D eigenvalue weighted by Gasteiger charge is 2.32. The number of hydrogen-bond donors (Lipinski definition) is 1. The van der Waals surface area contributed by atoms with Gasteiger partial charge in [-0.05, 0) is 24.5 Å². The quantitative estimate of drug-likeness (QED) is 0.841. The van der Waals surface area contributed by atoms with Crippen LogP contribution in [0.25, 0.3) is 11.0 Å². The molecule has 0 saturated carbocycles. The van der Waals surface area contributed by atoms with E-state index in [1.54, 1.807) is 6.07 Å². The lowest BCUT2D eigenvalue weighted by molar-refractivity contribution is -0.146. The number of piperazine rings is 1. The van der Waals surface area contributed by atoms with Crippen molar-refractivity contribution < 1.29 is 18.0 Å². The van der Waals surface area contributed by atoms with E-state index in [0.717, 1.165) is 12.1 Å². The van der Waals surface area contributed by atoms with Crippen LogP contribution in [0.4, 0.5) is 23.7 Å². The molecule has 9 heteroatoms. The number of halogens is 3. The number of aryl methyl sites for hydroxylation is 1. The molecule has 3 rings (SSSR count). The van der Waals surface area contributed by atoms with E-state index in [1.807, 2.05) is 17.0 Å². The van der Waals surface area contributed by atoms with Gasteiger partial charge in [0.1, 0.15) is 11.3 Å². The first kappa shape index (κ1) is 20.4. The second kappa shape index (κ2) is 7.98. The Kier molecular flexibility index (Phi) is 5.83. The third kappa shape index (κ3) is 4.57. The summed E-state index contributed by atoms with van der Waals surface area (Å²) in [5.74, 6) is 1.08. The van der Waals surface area contributed by atoms with Crippen LogP contribution in [0, 0.1) is 5.92 Å². The van der Waals surface area contributed by atoms with E-state index in [1.165, 1.54) is 9.47 Å². The Morgan fingerprint density at radius 3 is 2.46 bits per heavy atom. The summed E-state index contributed by atoms with van der Waals surface area (Å²) in [6.45, 7) is 4.91. The molecule has 1 aliphatic rings. The summed E-state index contributed by atoms with van der Waals surface area (Å²) < 4.78 is 39.3. The molecule has 6 nitrogen and oxygen atoms in total. The van der Waals surface area contributed by atoms with Crippen LogP contribution < -0.4 is 10.6 Å². The molecule has 0 unspecified atom stereocenters. The molecule has 2 N–H and O–H groups in total. The molecule has 0 aliphatic carbocycles. The minimum Gasteiger partial charge on any atom is -0.367 e. The normalized spacial score (nSPS) is 16.3. The standard InChI is InChI=1S/C19H26F3N5O/c1-13(2)6-7-16-24-17-14(4-3-5-15(17)27(16)18(23)28)26-10-8-25(9-11-26)12-19(20,21)22/h3-5,13H,6-12H2,1-2H3,(H2,23,28). The maximum Gasteiger partial charge on any atom is 0.401 e. The second-order valence-corrected chi connectivity index (χ2v) is 7.66. The number of primary amides is 1. The lowest BCUT2D eigenvalue weighted by Crippen LogP contribution is -2.49. The molecule has 0 bridgehead atoms. The topological polar surface area (TPSA) is 67.4 Å². The van der Waals surface area contributed by atoms with Gasteiger partial charge in [-0.15, -0.1) is 0 Å². The number of nitrogens with zero attached hydrogens (tertiary/aromatic N) is 4. The molecule has 1 amide bonds. The highest BCUT2D eigenvalue weighted by atomic mass is 19.4. The summed E-state index contributed by atoms with van der Waals surface area (Å²) in [5.41, 5.74) is 7.73. The second-order valence-electron chi connectivity index (χ2n) is 7.66. The number of benzene rings is 1. The first-order chi connectivity index (χ1) is 13.2. The lowest BCUT2D eigenvalue weighted by Gasteiger charge is -2.36. The van der Waals surface area contributed by atoms with Gasteiger partial charge in [-0.3, -0.25) is 4.90 Å². The summed E-state index contributed by atoms with van der Waals surface area (Å²) in [6.07, 6.45) is -2.68. The van der Waals surface area contributed by atoms with Crippen LogP contribution in [0.2, 0.25) is 0 Å². The van der Waals surface area contributed by atoms with Crippen molar-refractivity contribution >= 4 is 22.8 Å². The number of carbonyl (C=O) groups is 1. The monoisotopic (exact) mass is 397 g/mol. The molecule has 154 valence electrons. The highest BCUT2D eigenvalue weighted by molar-refractivity contribution is 5.95. The summed E-state index contributed by atoms with van der Waals surface area (Å²) >= 11 is 0. The minimum atomic E-state index is -4.19. The van der Waals surface area contributed by atoms with Crippen molar-refractivity contribution in [2.45, 2.75) is 32.9 Å². The fraction of sp³-hybridized carbons (Fsp3) is 0.579. The molecule has 1 saturated heterocycles. The molecule has 1 fully saturated rings. The predicted molar refractivity (Wildman–Crippen MR) is 103 cm³/mol. The number of amides is 1. The summed E-state index contributed by atoms with van der Waals surface area (Å²) in [5, 5.41) is 0. The van der Waals surface area contributed by atoms with Crippen molar-refractivity contribution in [3.63, 3.8) is 0 Å². The Labute approximate surface area is 162 Å². The molecular weight excluding hydrogens is 371 g/mol. The average molecular weight is 397 g/mol. The van der Waals surface area contributed by atoms with E-state index >= 15 is 0 Å².